The zero-order valence-corrected chi connectivity index (χ0v) is 14.6. The van der Waals surface area contributed by atoms with Gasteiger partial charge in [0.1, 0.15) is 0 Å². The van der Waals surface area contributed by atoms with Gasteiger partial charge in [0, 0.05) is 53.0 Å². The molecule has 2 heterocycles. The van der Waals surface area contributed by atoms with Crippen LogP contribution in [0.1, 0.15) is 41.5 Å². The standard InChI is InChI=1S/C19H16N2O4S/c22-16-9-12(17-2-1-7-26-17)8-15-19(16)14(10-18(23)20-15)11-3-5-13(6-4-11)21(24)25/h1-7,12,14H,8-10H2,(H,20,23)/t12-,14+/m1/s1. The number of hydrogen-bond acceptors (Lipinski definition) is 5. The molecule has 0 spiro atoms. The Kier molecular flexibility index (Phi) is 4.16. The van der Waals surface area contributed by atoms with Crippen LogP contribution in [-0.4, -0.2) is 16.6 Å². The summed E-state index contributed by atoms with van der Waals surface area (Å²) in [6, 6.07) is 10.1. The van der Waals surface area contributed by atoms with Gasteiger partial charge in [0.15, 0.2) is 5.78 Å². The lowest BCUT2D eigenvalue weighted by molar-refractivity contribution is -0.384. The largest absolute Gasteiger partial charge is 0.329 e. The predicted octanol–water partition coefficient (Wildman–Crippen LogP) is 3.66. The Bertz CT molecular complexity index is 916. The fourth-order valence-electron chi connectivity index (χ4n) is 3.80. The molecule has 0 saturated carbocycles. The molecule has 1 N–H and O–H groups in total. The average molecular weight is 368 g/mol. The predicted molar refractivity (Wildman–Crippen MR) is 96.9 cm³/mol. The van der Waals surface area contributed by atoms with Gasteiger partial charge in [0.25, 0.3) is 5.69 Å². The molecule has 7 heteroatoms. The van der Waals surface area contributed by atoms with Gasteiger partial charge >= 0.3 is 0 Å². The van der Waals surface area contributed by atoms with Crippen molar-refractivity contribution in [2.45, 2.75) is 31.1 Å². The van der Waals surface area contributed by atoms with Gasteiger partial charge in [-0.25, -0.2) is 0 Å². The van der Waals surface area contributed by atoms with Crippen molar-refractivity contribution in [1.82, 2.24) is 5.32 Å². The average Bonchev–Trinajstić information content (AvgIpc) is 3.15. The molecule has 26 heavy (non-hydrogen) atoms. The van der Waals surface area contributed by atoms with Gasteiger partial charge in [-0.15, -0.1) is 11.3 Å². The van der Waals surface area contributed by atoms with Gasteiger partial charge in [-0.05, 0) is 23.4 Å². The summed E-state index contributed by atoms with van der Waals surface area (Å²) in [5.41, 5.74) is 2.13. The van der Waals surface area contributed by atoms with E-state index in [9.17, 15) is 19.7 Å². The maximum absolute atomic E-state index is 12.9. The Morgan fingerprint density at radius 1 is 1.08 bits per heavy atom. The molecule has 2 aromatic rings. The van der Waals surface area contributed by atoms with Gasteiger partial charge in [-0.1, -0.05) is 18.2 Å². The Hall–Kier alpha value is -2.80. The van der Waals surface area contributed by atoms with Crippen LogP contribution in [0.4, 0.5) is 5.69 Å². The van der Waals surface area contributed by atoms with Crippen molar-refractivity contribution < 1.29 is 14.5 Å². The Labute approximate surface area is 153 Å². The molecule has 132 valence electrons. The highest BCUT2D eigenvalue weighted by atomic mass is 32.1. The van der Waals surface area contributed by atoms with Gasteiger partial charge in [0.05, 0.1) is 4.92 Å². The number of carbonyl (C=O) groups excluding carboxylic acids is 2. The molecule has 1 aromatic heterocycles. The van der Waals surface area contributed by atoms with Crippen LogP contribution in [0, 0.1) is 10.1 Å². The molecule has 1 amide bonds. The summed E-state index contributed by atoms with van der Waals surface area (Å²) in [5.74, 6) is -0.312. The molecule has 1 aliphatic carbocycles. The van der Waals surface area contributed by atoms with E-state index >= 15 is 0 Å². The smallest absolute Gasteiger partial charge is 0.269 e. The van der Waals surface area contributed by atoms with E-state index in [0.29, 0.717) is 24.1 Å². The number of non-ortho nitro benzene ring substituents is 1. The molecule has 0 fully saturated rings. The minimum absolute atomic E-state index is 0.00376. The molecular weight excluding hydrogens is 352 g/mol. The lowest BCUT2D eigenvalue weighted by Crippen LogP contribution is -2.38. The number of carbonyl (C=O) groups is 2. The second-order valence-corrected chi connectivity index (χ2v) is 7.57. The summed E-state index contributed by atoms with van der Waals surface area (Å²) < 4.78 is 0. The van der Waals surface area contributed by atoms with E-state index in [0.717, 1.165) is 10.4 Å². The number of Topliss-reactive ketones (excluding diaryl/α,β-unsaturated/α-hetero) is 1. The Morgan fingerprint density at radius 2 is 1.85 bits per heavy atom. The van der Waals surface area contributed by atoms with Crippen molar-refractivity contribution in [2.24, 2.45) is 0 Å². The third kappa shape index (κ3) is 2.94. The van der Waals surface area contributed by atoms with E-state index in [-0.39, 0.29) is 35.6 Å². The van der Waals surface area contributed by atoms with E-state index < -0.39 is 4.92 Å². The molecule has 1 aromatic carbocycles. The highest BCUT2D eigenvalue weighted by Crippen LogP contribution is 2.43. The number of ketones is 1. The number of rotatable bonds is 3. The van der Waals surface area contributed by atoms with Crippen LogP contribution < -0.4 is 5.32 Å². The topological polar surface area (TPSA) is 89.3 Å². The number of hydrogen-bond donors (Lipinski definition) is 1. The van der Waals surface area contributed by atoms with Crippen LogP contribution in [0.5, 0.6) is 0 Å². The molecule has 2 atom stereocenters. The number of thiophene rings is 1. The summed E-state index contributed by atoms with van der Waals surface area (Å²) in [7, 11) is 0. The number of amides is 1. The molecule has 4 rings (SSSR count). The maximum atomic E-state index is 12.9. The van der Waals surface area contributed by atoms with Crippen molar-refractivity contribution in [3.05, 3.63) is 73.6 Å². The number of nitrogens with zero attached hydrogens (tertiary/aromatic N) is 1. The maximum Gasteiger partial charge on any atom is 0.269 e. The van der Waals surface area contributed by atoms with Crippen LogP contribution in [0.15, 0.2) is 53.0 Å². The van der Waals surface area contributed by atoms with E-state index in [1.807, 2.05) is 17.5 Å². The van der Waals surface area contributed by atoms with Crippen molar-refractivity contribution in [3.8, 4) is 0 Å². The van der Waals surface area contributed by atoms with Crippen LogP contribution >= 0.6 is 11.3 Å². The minimum Gasteiger partial charge on any atom is -0.329 e. The number of nitro groups is 1. The number of benzene rings is 1. The van der Waals surface area contributed by atoms with E-state index in [2.05, 4.69) is 5.32 Å². The number of nitro benzene ring substituents is 1. The number of nitrogens with one attached hydrogen (secondary N) is 1. The minimum atomic E-state index is -0.459. The van der Waals surface area contributed by atoms with Crippen molar-refractivity contribution in [2.75, 3.05) is 0 Å². The molecule has 0 saturated heterocycles. The first-order valence-corrected chi connectivity index (χ1v) is 9.24. The number of allylic oxidation sites excluding steroid dienone is 2. The third-order valence-corrected chi connectivity index (χ3v) is 6.02. The van der Waals surface area contributed by atoms with Gasteiger partial charge in [-0.3, -0.25) is 19.7 Å². The van der Waals surface area contributed by atoms with E-state index in [4.69, 9.17) is 0 Å². The van der Waals surface area contributed by atoms with E-state index in [1.54, 1.807) is 23.5 Å². The van der Waals surface area contributed by atoms with E-state index in [1.165, 1.54) is 12.1 Å². The molecule has 0 radical (unpaired) electrons. The molecule has 1 aliphatic heterocycles. The van der Waals surface area contributed by atoms with Crippen molar-refractivity contribution >= 4 is 28.7 Å². The normalized spacial score (nSPS) is 22.8. The fourth-order valence-corrected chi connectivity index (χ4v) is 4.63. The monoisotopic (exact) mass is 368 g/mol. The fraction of sp³-hybridized carbons (Fsp3) is 0.263. The lowest BCUT2D eigenvalue weighted by atomic mass is 9.75. The first-order chi connectivity index (χ1) is 12.5. The summed E-state index contributed by atoms with van der Waals surface area (Å²) in [5, 5.41) is 15.7. The van der Waals surface area contributed by atoms with Crippen molar-refractivity contribution in [3.63, 3.8) is 0 Å². The zero-order chi connectivity index (χ0) is 18.3. The van der Waals surface area contributed by atoms with Crippen LogP contribution in [-0.2, 0) is 9.59 Å². The summed E-state index contributed by atoms with van der Waals surface area (Å²) in [4.78, 5) is 36.6. The summed E-state index contributed by atoms with van der Waals surface area (Å²) >= 11 is 1.62. The second kappa shape index (κ2) is 6.49. The highest BCUT2D eigenvalue weighted by Gasteiger charge is 2.38. The molecule has 0 bridgehead atoms. The van der Waals surface area contributed by atoms with Crippen LogP contribution in [0.3, 0.4) is 0 Å². The van der Waals surface area contributed by atoms with Crippen LogP contribution in [0.25, 0.3) is 0 Å². The summed E-state index contributed by atoms with van der Waals surface area (Å²) in [6.45, 7) is 0. The van der Waals surface area contributed by atoms with Gasteiger partial charge in [-0.2, -0.15) is 0 Å². The molecule has 2 aliphatic rings. The van der Waals surface area contributed by atoms with Crippen molar-refractivity contribution in [1.29, 1.82) is 0 Å². The van der Waals surface area contributed by atoms with Gasteiger partial charge in [0.2, 0.25) is 5.91 Å². The molecule has 6 nitrogen and oxygen atoms in total. The first-order valence-electron chi connectivity index (χ1n) is 8.36. The lowest BCUT2D eigenvalue weighted by Gasteiger charge is -2.34. The Morgan fingerprint density at radius 3 is 2.50 bits per heavy atom. The van der Waals surface area contributed by atoms with Gasteiger partial charge < -0.3 is 5.32 Å². The Balaban J connectivity index is 1.70. The summed E-state index contributed by atoms with van der Waals surface area (Å²) in [6.07, 6.45) is 1.25. The quantitative estimate of drug-likeness (QED) is 0.661. The highest BCUT2D eigenvalue weighted by molar-refractivity contribution is 7.10. The first kappa shape index (κ1) is 16.7. The molecule has 0 unspecified atom stereocenters. The third-order valence-electron chi connectivity index (χ3n) is 4.99. The zero-order valence-electron chi connectivity index (χ0n) is 13.8. The molecular formula is C19H16N2O4S. The SMILES string of the molecule is O=C1C[C@@H](c2ccc([N+](=O)[O-])cc2)C2=C(C[C@@H](c3cccs3)CC2=O)N1. The second-order valence-electron chi connectivity index (χ2n) is 6.59. The van der Waals surface area contributed by atoms with Crippen LogP contribution in [0.2, 0.25) is 0 Å².